The molecule has 1 heterocycles. The SMILES string of the molecule is CN(Cc1ccc2c(c1)CCCN2C)CC(C)(C)CN. The monoisotopic (exact) mass is 275 g/mol. The maximum absolute atomic E-state index is 5.82. The molecular formula is C17H29N3. The normalized spacial score (nSPS) is 15.6. The van der Waals surface area contributed by atoms with Gasteiger partial charge in [0, 0.05) is 32.4 Å². The fourth-order valence-corrected chi connectivity index (χ4v) is 3.10. The fourth-order valence-electron chi connectivity index (χ4n) is 3.10. The van der Waals surface area contributed by atoms with E-state index in [-0.39, 0.29) is 5.41 Å². The van der Waals surface area contributed by atoms with Crippen molar-refractivity contribution < 1.29 is 0 Å². The van der Waals surface area contributed by atoms with Crippen LogP contribution in [0, 0.1) is 5.41 Å². The van der Waals surface area contributed by atoms with Gasteiger partial charge in [-0.25, -0.2) is 0 Å². The number of hydrogen-bond acceptors (Lipinski definition) is 3. The summed E-state index contributed by atoms with van der Waals surface area (Å²) in [6, 6.07) is 6.94. The molecule has 1 aliphatic heterocycles. The fraction of sp³-hybridized carbons (Fsp3) is 0.647. The summed E-state index contributed by atoms with van der Waals surface area (Å²) in [4.78, 5) is 4.74. The van der Waals surface area contributed by atoms with Crippen LogP contribution in [0.25, 0.3) is 0 Å². The van der Waals surface area contributed by atoms with Gasteiger partial charge in [-0.05, 0) is 49.0 Å². The molecular weight excluding hydrogens is 246 g/mol. The van der Waals surface area contributed by atoms with Crippen molar-refractivity contribution in [3.8, 4) is 0 Å². The summed E-state index contributed by atoms with van der Waals surface area (Å²) >= 11 is 0. The number of nitrogens with two attached hydrogens (primary N) is 1. The minimum Gasteiger partial charge on any atom is -0.374 e. The van der Waals surface area contributed by atoms with Gasteiger partial charge in [0.25, 0.3) is 0 Å². The molecule has 0 amide bonds. The summed E-state index contributed by atoms with van der Waals surface area (Å²) in [7, 11) is 4.37. The van der Waals surface area contributed by atoms with Crippen LogP contribution in [0.2, 0.25) is 0 Å². The van der Waals surface area contributed by atoms with E-state index in [1.165, 1.54) is 36.2 Å². The highest BCUT2D eigenvalue weighted by atomic mass is 15.1. The molecule has 2 rings (SSSR count). The van der Waals surface area contributed by atoms with Crippen LogP contribution in [-0.4, -0.2) is 38.6 Å². The third-order valence-electron chi connectivity index (χ3n) is 4.20. The van der Waals surface area contributed by atoms with E-state index in [4.69, 9.17) is 5.73 Å². The molecule has 0 aromatic heterocycles. The summed E-state index contributed by atoms with van der Waals surface area (Å²) in [5.41, 5.74) is 10.3. The van der Waals surface area contributed by atoms with Crippen LogP contribution >= 0.6 is 0 Å². The molecule has 0 atom stereocenters. The van der Waals surface area contributed by atoms with Crippen molar-refractivity contribution in [2.24, 2.45) is 11.1 Å². The van der Waals surface area contributed by atoms with Crippen LogP contribution in [-0.2, 0) is 13.0 Å². The smallest absolute Gasteiger partial charge is 0.0396 e. The summed E-state index contributed by atoms with van der Waals surface area (Å²) in [5, 5.41) is 0. The Morgan fingerprint density at radius 3 is 2.80 bits per heavy atom. The Bertz CT molecular complexity index is 454. The molecule has 20 heavy (non-hydrogen) atoms. The second-order valence-corrected chi connectivity index (χ2v) is 7.03. The molecule has 0 saturated carbocycles. The third kappa shape index (κ3) is 3.74. The summed E-state index contributed by atoms with van der Waals surface area (Å²) < 4.78 is 0. The summed E-state index contributed by atoms with van der Waals surface area (Å²) in [6.07, 6.45) is 2.48. The molecule has 0 fully saturated rings. The first-order chi connectivity index (χ1) is 9.41. The van der Waals surface area contributed by atoms with Gasteiger partial charge in [-0.2, -0.15) is 0 Å². The first-order valence-electron chi connectivity index (χ1n) is 7.63. The molecule has 112 valence electrons. The molecule has 2 N–H and O–H groups in total. The minimum absolute atomic E-state index is 0.184. The second-order valence-electron chi connectivity index (χ2n) is 7.03. The van der Waals surface area contributed by atoms with Crippen LogP contribution in [0.3, 0.4) is 0 Å². The largest absolute Gasteiger partial charge is 0.374 e. The van der Waals surface area contributed by atoms with Crippen LogP contribution < -0.4 is 10.6 Å². The van der Waals surface area contributed by atoms with E-state index in [1.54, 1.807) is 0 Å². The van der Waals surface area contributed by atoms with Crippen LogP contribution in [0.5, 0.6) is 0 Å². The van der Waals surface area contributed by atoms with Crippen molar-refractivity contribution in [3.63, 3.8) is 0 Å². The van der Waals surface area contributed by atoms with Crippen LogP contribution in [0.15, 0.2) is 18.2 Å². The Morgan fingerprint density at radius 2 is 2.10 bits per heavy atom. The number of anilines is 1. The molecule has 0 bridgehead atoms. The van der Waals surface area contributed by atoms with Gasteiger partial charge in [0.05, 0.1) is 0 Å². The lowest BCUT2D eigenvalue weighted by Crippen LogP contribution is -2.36. The highest BCUT2D eigenvalue weighted by Gasteiger charge is 2.19. The number of benzene rings is 1. The Labute approximate surface area is 123 Å². The first-order valence-corrected chi connectivity index (χ1v) is 7.63. The van der Waals surface area contributed by atoms with E-state index in [1.807, 2.05) is 0 Å². The summed E-state index contributed by atoms with van der Waals surface area (Å²) in [5.74, 6) is 0. The number of nitrogens with zero attached hydrogens (tertiary/aromatic N) is 2. The van der Waals surface area contributed by atoms with Gasteiger partial charge in [0.1, 0.15) is 0 Å². The lowest BCUT2D eigenvalue weighted by molar-refractivity contribution is 0.210. The zero-order valence-electron chi connectivity index (χ0n) is 13.4. The van der Waals surface area contributed by atoms with Gasteiger partial charge >= 0.3 is 0 Å². The Kier molecular flexibility index (Phi) is 4.71. The number of rotatable bonds is 5. The van der Waals surface area contributed by atoms with Crippen molar-refractivity contribution >= 4 is 5.69 Å². The van der Waals surface area contributed by atoms with Crippen LogP contribution in [0.4, 0.5) is 5.69 Å². The first kappa shape index (κ1) is 15.3. The molecule has 1 aliphatic rings. The average molecular weight is 275 g/mol. The topological polar surface area (TPSA) is 32.5 Å². The molecule has 0 unspecified atom stereocenters. The quantitative estimate of drug-likeness (QED) is 0.896. The Hall–Kier alpha value is -1.06. The van der Waals surface area contributed by atoms with Gasteiger partial charge in [0.15, 0.2) is 0 Å². The molecule has 0 radical (unpaired) electrons. The van der Waals surface area contributed by atoms with Crippen molar-refractivity contribution in [1.82, 2.24) is 4.90 Å². The van der Waals surface area contributed by atoms with Crippen molar-refractivity contribution in [3.05, 3.63) is 29.3 Å². The zero-order chi connectivity index (χ0) is 14.8. The number of fused-ring (bicyclic) bond motifs is 1. The van der Waals surface area contributed by atoms with Gasteiger partial charge in [-0.3, -0.25) is 0 Å². The van der Waals surface area contributed by atoms with E-state index in [2.05, 4.69) is 55.9 Å². The molecule has 1 aromatic rings. The van der Waals surface area contributed by atoms with E-state index < -0.39 is 0 Å². The van der Waals surface area contributed by atoms with E-state index in [0.717, 1.165) is 19.6 Å². The maximum atomic E-state index is 5.82. The second kappa shape index (κ2) is 6.15. The van der Waals surface area contributed by atoms with E-state index >= 15 is 0 Å². The predicted molar refractivity (Wildman–Crippen MR) is 87.2 cm³/mol. The predicted octanol–water partition coefficient (Wildman–Crippen LogP) is 2.49. The molecule has 0 spiro atoms. The highest BCUT2D eigenvalue weighted by Crippen LogP contribution is 2.27. The number of aryl methyl sites for hydroxylation is 1. The molecule has 3 heteroatoms. The van der Waals surface area contributed by atoms with E-state index in [9.17, 15) is 0 Å². The average Bonchev–Trinajstić information content (AvgIpc) is 2.38. The van der Waals surface area contributed by atoms with Gasteiger partial charge in [-0.1, -0.05) is 26.0 Å². The molecule has 3 nitrogen and oxygen atoms in total. The summed E-state index contributed by atoms with van der Waals surface area (Å²) in [6.45, 7) is 8.39. The maximum Gasteiger partial charge on any atom is 0.0396 e. The molecule has 1 aromatic carbocycles. The lowest BCUT2D eigenvalue weighted by atomic mass is 9.93. The third-order valence-corrected chi connectivity index (χ3v) is 4.20. The van der Waals surface area contributed by atoms with Gasteiger partial charge in [-0.15, -0.1) is 0 Å². The Balaban J connectivity index is 2.03. The lowest BCUT2D eigenvalue weighted by Gasteiger charge is -2.30. The van der Waals surface area contributed by atoms with Crippen molar-refractivity contribution in [1.29, 1.82) is 0 Å². The molecule has 0 saturated heterocycles. The van der Waals surface area contributed by atoms with Crippen LogP contribution in [0.1, 0.15) is 31.4 Å². The highest BCUT2D eigenvalue weighted by molar-refractivity contribution is 5.56. The zero-order valence-corrected chi connectivity index (χ0v) is 13.4. The van der Waals surface area contributed by atoms with Gasteiger partial charge in [0.2, 0.25) is 0 Å². The minimum atomic E-state index is 0.184. The Morgan fingerprint density at radius 1 is 1.35 bits per heavy atom. The van der Waals surface area contributed by atoms with Crippen molar-refractivity contribution in [2.45, 2.75) is 33.2 Å². The van der Waals surface area contributed by atoms with Gasteiger partial charge < -0.3 is 15.5 Å². The van der Waals surface area contributed by atoms with E-state index in [0.29, 0.717) is 0 Å². The number of hydrogen-bond donors (Lipinski definition) is 1. The van der Waals surface area contributed by atoms with Crippen molar-refractivity contribution in [2.75, 3.05) is 38.6 Å². The molecule has 0 aliphatic carbocycles. The standard InChI is InChI=1S/C17H29N3/c1-17(2,12-18)13-19(3)11-14-7-8-16-15(10-14)6-5-9-20(16)4/h7-8,10H,5-6,9,11-13,18H2,1-4H3.